The van der Waals surface area contributed by atoms with Crippen molar-refractivity contribution in [2.45, 2.75) is 32.7 Å². The van der Waals surface area contributed by atoms with Crippen LogP contribution in [0.5, 0.6) is 0 Å². The van der Waals surface area contributed by atoms with E-state index in [1.54, 1.807) is 6.20 Å². The lowest BCUT2D eigenvalue weighted by atomic mass is 10.0. The van der Waals surface area contributed by atoms with Crippen molar-refractivity contribution in [2.24, 2.45) is 0 Å². The van der Waals surface area contributed by atoms with Crippen LogP contribution in [0.15, 0.2) is 42.7 Å². The molecule has 1 amide bonds. The normalized spacial score (nSPS) is 18.0. The molecule has 3 heteroatoms. The predicted molar refractivity (Wildman–Crippen MR) is 84.1 cm³/mol. The van der Waals surface area contributed by atoms with Gasteiger partial charge in [0.25, 0.3) is 5.91 Å². The Bertz CT molecular complexity index is 649. The molecule has 1 aromatic carbocycles. The first-order valence-electron chi connectivity index (χ1n) is 7.48. The number of carbonyl (C=O) groups is 1. The van der Waals surface area contributed by atoms with E-state index in [-0.39, 0.29) is 5.91 Å². The van der Waals surface area contributed by atoms with Crippen LogP contribution in [0.3, 0.4) is 0 Å². The van der Waals surface area contributed by atoms with Gasteiger partial charge in [0.1, 0.15) is 0 Å². The van der Waals surface area contributed by atoms with Crippen molar-refractivity contribution in [3.8, 4) is 11.1 Å². The molecule has 2 aromatic rings. The van der Waals surface area contributed by atoms with Crippen LogP contribution in [-0.4, -0.2) is 28.4 Å². The molecule has 21 heavy (non-hydrogen) atoms. The number of likely N-dealkylation sites (tertiary alicyclic amines) is 1. The van der Waals surface area contributed by atoms with Crippen molar-refractivity contribution in [2.75, 3.05) is 6.54 Å². The maximum atomic E-state index is 12.6. The molecule has 3 rings (SSSR count). The Morgan fingerprint density at radius 3 is 2.62 bits per heavy atom. The summed E-state index contributed by atoms with van der Waals surface area (Å²) in [7, 11) is 0. The predicted octanol–water partition coefficient (Wildman–Crippen LogP) is 3.68. The highest BCUT2D eigenvalue weighted by Gasteiger charge is 2.26. The Morgan fingerprint density at radius 2 is 1.95 bits per heavy atom. The van der Waals surface area contributed by atoms with Gasteiger partial charge in [-0.3, -0.25) is 9.78 Å². The van der Waals surface area contributed by atoms with Gasteiger partial charge in [-0.05, 0) is 38.3 Å². The average molecular weight is 280 g/mol. The molecule has 108 valence electrons. The van der Waals surface area contributed by atoms with Gasteiger partial charge in [-0.25, -0.2) is 0 Å². The number of nitrogens with zero attached hydrogens (tertiary/aromatic N) is 2. The van der Waals surface area contributed by atoms with E-state index in [0.717, 1.165) is 30.5 Å². The summed E-state index contributed by atoms with van der Waals surface area (Å²) in [4.78, 5) is 18.8. The maximum absolute atomic E-state index is 12.6. The van der Waals surface area contributed by atoms with Crippen molar-refractivity contribution in [1.29, 1.82) is 0 Å². The number of aryl methyl sites for hydroxylation is 1. The van der Waals surface area contributed by atoms with Crippen LogP contribution in [0.1, 0.15) is 35.7 Å². The van der Waals surface area contributed by atoms with E-state index in [0.29, 0.717) is 11.6 Å². The molecule has 1 aliphatic heterocycles. The molecule has 1 saturated heterocycles. The molecule has 1 unspecified atom stereocenters. The van der Waals surface area contributed by atoms with E-state index in [1.165, 1.54) is 5.56 Å². The van der Waals surface area contributed by atoms with Crippen LogP contribution < -0.4 is 0 Å². The molecule has 0 aliphatic carbocycles. The number of amides is 1. The van der Waals surface area contributed by atoms with Gasteiger partial charge in [-0.15, -0.1) is 0 Å². The molecule has 1 aromatic heterocycles. The van der Waals surface area contributed by atoms with Gasteiger partial charge < -0.3 is 4.90 Å². The summed E-state index contributed by atoms with van der Waals surface area (Å²) >= 11 is 0. The van der Waals surface area contributed by atoms with Crippen LogP contribution >= 0.6 is 0 Å². The lowest BCUT2D eigenvalue weighted by Crippen LogP contribution is -2.33. The van der Waals surface area contributed by atoms with Crippen LogP contribution in [0.25, 0.3) is 11.1 Å². The molecule has 0 saturated carbocycles. The van der Waals surface area contributed by atoms with Gasteiger partial charge in [0.05, 0.1) is 5.56 Å². The summed E-state index contributed by atoms with van der Waals surface area (Å²) in [5, 5.41) is 0. The maximum Gasteiger partial charge on any atom is 0.255 e. The molecule has 1 aliphatic rings. The molecule has 1 fully saturated rings. The number of carbonyl (C=O) groups excluding carboxylic acids is 1. The second-order valence-electron chi connectivity index (χ2n) is 5.82. The molecule has 2 heterocycles. The lowest BCUT2D eigenvalue weighted by molar-refractivity contribution is 0.0747. The average Bonchev–Trinajstić information content (AvgIpc) is 2.93. The Hall–Kier alpha value is -2.16. The van der Waals surface area contributed by atoms with E-state index in [9.17, 15) is 4.79 Å². The first kappa shape index (κ1) is 13.8. The van der Waals surface area contributed by atoms with Crippen molar-refractivity contribution in [3.63, 3.8) is 0 Å². The van der Waals surface area contributed by atoms with Crippen LogP contribution in [0.4, 0.5) is 0 Å². The monoisotopic (exact) mass is 280 g/mol. The fourth-order valence-corrected chi connectivity index (χ4v) is 2.86. The Labute approximate surface area is 125 Å². The van der Waals surface area contributed by atoms with E-state index < -0.39 is 0 Å². The third kappa shape index (κ3) is 2.82. The van der Waals surface area contributed by atoms with Crippen LogP contribution in [0.2, 0.25) is 0 Å². The highest BCUT2D eigenvalue weighted by Crippen LogP contribution is 2.23. The number of hydrogen-bond donors (Lipinski definition) is 0. The quantitative estimate of drug-likeness (QED) is 0.840. The highest BCUT2D eigenvalue weighted by molar-refractivity contribution is 5.95. The second-order valence-corrected chi connectivity index (χ2v) is 5.82. The third-order valence-electron chi connectivity index (χ3n) is 4.18. The van der Waals surface area contributed by atoms with E-state index in [2.05, 4.69) is 43.1 Å². The third-order valence-corrected chi connectivity index (χ3v) is 4.18. The minimum Gasteiger partial charge on any atom is -0.336 e. The molecule has 0 spiro atoms. The largest absolute Gasteiger partial charge is 0.336 e. The summed E-state index contributed by atoms with van der Waals surface area (Å²) in [6.07, 6.45) is 5.68. The van der Waals surface area contributed by atoms with Gasteiger partial charge in [0.2, 0.25) is 0 Å². The van der Waals surface area contributed by atoms with Crippen LogP contribution in [-0.2, 0) is 0 Å². The number of rotatable bonds is 2. The Kier molecular flexibility index (Phi) is 3.74. The molecule has 0 bridgehead atoms. The topological polar surface area (TPSA) is 33.2 Å². The lowest BCUT2D eigenvalue weighted by Gasteiger charge is -2.21. The molecule has 1 atom stereocenters. The Morgan fingerprint density at radius 1 is 1.19 bits per heavy atom. The minimum absolute atomic E-state index is 0.0986. The molecular weight excluding hydrogens is 260 g/mol. The van der Waals surface area contributed by atoms with Crippen molar-refractivity contribution in [1.82, 2.24) is 9.88 Å². The minimum atomic E-state index is 0.0986. The zero-order valence-corrected chi connectivity index (χ0v) is 12.5. The van der Waals surface area contributed by atoms with Crippen LogP contribution in [0, 0.1) is 6.92 Å². The number of hydrogen-bond acceptors (Lipinski definition) is 2. The summed E-state index contributed by atoms with van der Waals surface area (Å²) in [5.74, 6) is 0.0986. The zero-order valence-electron chi connectivity index (χ0n) is 12.5. The van der Waals surface area contributed by atoms with E-state index in [1.807, 2.05) is 17.2 Å². The fourth-order valence-electron chi connectivity index (χ4n) is 2.86. The number of aromatic nitrogens is 1. The number of pyridine rings is 1. The van der Waals surface area contributed by atoms with Gasteiger partial charge in [0.15, 0.2) is 0 Å². The summed E-state index contributed by atoms with van der Waals surface area (Å²) < 4.78 is 0. The first-order chi connectivity index (χ1) is 10.1. The summed E-state index contributed by atoms with van der Waals surface area (Å²) in [6, 6.07) is 10.6. The molecule has 3 nitrogen and oxygen atoms in total. The molecule has 0 radical (unpaired) electrons. The number of benzene rings is 1. The van der Waals surface area contributed by atoms with Gasteiger partial charge >= 0.3 is 0 Å². The van der Waals surface area contributed by atoms with E-state index >= 15 is 0 Å². The van der Waals surface area contributed by atoms with Gasteiger partial charge in [-0.2, -0.15) is 0 Å². The van der Waals surface area contributed by atoms with Gasteiger partial charge in [0, 0.05) is 30.5 Å². The van der Waals surface area contributed by atoms with E-state index in [4.69, 9.17) is 0 Å². The van der Waals surface area contributed by atoms with Crippen molar-refractivity contribution in [3.05, 3.63) is 53.9 Å². The molecule has 0 N–H and O–H groups in total. The van der Waals surface area contributed by atoms with Crippen molar-refractivity contribution < 1.29 is 4.79 Å². The Balaban J connectivity index is 1.89. The fraction of sp³-hybridized carbons (Fsp3) is 0.333. The molecular formula is C18H20N2O. The van der Waals surface area contributed by atoms with Gasteiger partial charge in [-0.1, -0.05) is 29.8 Å². The summed E-state index contributed by atoms with van der Waals surface area (Å²) in [6.45, 7) is 5.04. The second kappa shape index (κ2) is 5.68. The smallest absolute Gasteiger partial charge is 0.255 e. The SMILES string of the molecule is Cc1ccc(-c2cncc(C(=O)N3CCCC3C)c2)cc1. The standard InChI is InChI=1S/C18H20N2O/c1-13-5-7-15(8-6-13)16-10-17(12-19-11-16)18(21)20-9-3-4-14(20)2/h5-8,10-12,14H,3-4,9H2,1-2H3. The zero-order chi connectivity index (χ0) is 14.8. The summed E-state index contributed by atoms with van der Waals surface area (Å²) in [5.41, 5.74) is 4.00. The highest BCUT2D eigenvalue weighted by atomic mass is 16.2. The first-order valence-corrected chi connectivity index (χ1v) is 7.48. The van der Waals surface area contributed by atoms with Crippen molar-refractivity contribution >= 4 is 5.91 Å².